The Labute approximate surface area is 186 Å². The number of rotatable bonds is 6. The first-order valence-corrected chi connectivity index (χ1v) is 10.6. The van der Waals surface area contributed by atoms with Crippen molar-refractivity contribution in [3.63, 3.8) is 0 Å². The number of carbonyl (C=O) groups is 1. The number of carbonyl (C=O) groups excluding carboxylic acids is 1. The van der Waals surface area contributed by atoms with E-state index in [1.165, 1.54) is 17.3 Å². The van der Waals surface area contributed by atoms with E-state index in [1.54, 1.807) is 12.1 Å². The fourth-order valence-electron chi connectivity index (χ4n) is 3.04. The molecular formula is C20H23Cl3N2O2S. The Hall–Kier alpha value is -1.11. The maximum Gasteiger partial charge on any atom is 0.223 e. The third kappa shape index (κ3) is 6.46. The lowest BCUT2D eigenvalue weighted by atomic mass is 10.2. The van der Waals surface area contributed by atoms with Crippen molar-refractivity contribution < 1.29 is 9.90 Å². The summed E-state index contributed by atoms with van der Waals surface area (Å²) in [4.78, 5) is 17.6. The Morgan fingerprint density at radius 3 is 2.25 bits per heavy atom. The Morgan fingerprint density at radius 2 is 1.64 bits per heavy atom. The number of nitrogens with zero attached hydrogens (tertiary/aromatic N) is 2. The van der Waals surface area contributed by atoms with Crippen LogP contribution in [0.3, 0.4) is 0 Å². The third-order valence-electron chi connectivity index (χ3n) is 4.55. The molecule has 0 spiro atoms. The quantitative estimate of drug-likeness (QED) is 0.618. The molecular weight excluding hydrogens is 439 g/mol. The average Bonchev–Trinajstić information content (AvgIpc) is 2.67. The van der Waals surface area contributed by atoms with Gasteiger partial charge in [0.15, 0.2) is 5.75 Å². The first-order valence-electron chi connectivity index (χ1n) is 8.88. The van der Waals surface area contributed by atoms with E-state index in [9.17, 15) is 9.90 Å². The number of benzene rings is 2. The average molecular weight is 462 g/mol. The SMILES string of the molecule is Cl.O=C(CCSc1cc(Cl)c(O)c(Cl)c1)N1CCN(Cc2ccccc2)CC1. The van der Waals surface area contributed by atoms with Crippen LogP contribution < -0.4 is 0 Å². The predicted molar refractivity (Wildman–Crippen MR) is 119 cm³/mol. The largest absolute Gasteiger partial charge is 0.505 e. The fraction of sp³-hybridized carbons (Fsp3) is 0.350. The molecule has 1 N–H and O–H groups in total. The predicted octanol–water partition coefficient (Wildman–Crippen LogP) is 4.95. The highest BCUT2D eigenvalue weighted by Crippen LogP contribution is 2.36. The number of phenols is 1. The Morgan fingerprint density at radius 1 is 1.04 bits per heavy atom. The van der Waals surface area contributed by atoms with E-state index in [0.29, 0.717) is 12.2 Å². The summed E-state index contributed by atoms with van der Waals surface area (Å²) in [5, 5.41) is 10.0. The Balaban J connectivity index is 0.00000280. The molecule has 8 heteroatoms. The summed E-state index contributed by atoms with van der Waals surface area (Å²) in [6, 6.07) is 13.7. The van der Waals surface area contributed by atoms with Gasteiger partial charge in [-0.05, 0) is 17.7 Å². The molecule has 1 saturated heterocycles. The zero-order valence-electron chi connectivity index (χ0n) is 15.3. The molecule has 0 radical (unpaired) electrons. The van der Waals surface area contributed by atoms with Crippen molar-refractivity contribution in [2.24, 2.45) is 0 Å². The van der Waals surface area contributed by atoms with Crippen LogP contribution in [0.25, 0.3) is 0 Å². The second kappa shape index (κ2) is 11.2. The lowest BCUT2D eigenvalue weighted by Crippen LogP contribution is -2.48. The molecule has 1 amide bonds. The van der Waals surface area contributed by atoms with Crippen LogP contribution in [-0.2, 0) is 11.3 Å². The standard InChI is InChI=1S/C20H22Cl2N2O2S.ClH/c21-17-12-16(13-18(22)20(17)26)27-11-6-19(25)24-9-7-23(8-10-24)14-15-4-2-1-3-5-15;/h1-5,12-13,26H,6-11,14H2;1H. The van der Waals surface area contributed by atoms with Gasteiger partial charge in [0.05, 0.1) is 10.0 Å². The molecule has 1 fully saturated rings. The molecule has 3 rings (SSSR count). The molecule has 0 saturated carbocycles. The van der Waals surface area contributed by atoms with E-state index in [1.807, 2.05) is 11.0 Å². The van der Waals surface area contributed by atoms with E-state index in [2.05, 4.69) is 29.2 Å². The molecule has 0 atom stereocenters. The highest BCUT2D eigenvalue weighted by Gasteiger charge is 2.20. The first kappa shape index (κ1) is 23.2. The molecule has 0 bridgehead atoms. The third-order valence-corrected chi connectivity index (χ3v) is 6.10. The zero-order chi connectivity index (χ0) is 19.2. The number of halogens is 3. The number of amides is 1. The van der Waals surface area contributed by atoms with E-state index in [0.717, 1.165) is 37.6 Å². The topological polar surface area (TPSA) is 43.8 Å². The fourth-order valence-corrected chi connectivity index (χ4v) is 4.57. The van der Waals surface area contributed by atoms with Gasteiger partial charge in [0.2, 0.25) is 5.91 Å². The van der Waals surface area contributed by atoms with Crippen molar-refractivity contribution in [2.75, 3.05) is 31.9 Å². The van der Waals surface area contributed by atoms with E-state index in [4.69, 9.17) is 23.2 Å². The molecule has 28 heavy (non-hydrogen) atoms. The molecule has 2 aromatic carbocycles. The number of thioether (sulfide) groups is 1. The van der Waals surface area contributed by atoms with Gasteiger partial charge in [0.1, 0.15) is 0 Å². The van der Waals surface area contributed by atoms with Crippen molar-refractivity contribution in [3.05, 3.63) is 58.1 Å². The Kier molecular flexibility index (Phi) is 9.25. The summed E-state index contributed by atoms with van der Waals surface area (Å²) in [7, 11) is 0. The van der Waals surface area contributed by atoms with Crippen LogP contribution in [0.2, 0.25) is 10.0 Å². The van der Waals surface area contributed by atoms with Gasteiger partial charge in [-0.25, -0.2) is 0 Å². The maximum atomic E-state index is 12.4. The number of hydrogen-bond donors (Lipinski definition) is 1. The highest BCUT2D eigenvalue weighted by molar-refractivity contribution is 7.99. The number of hydrogen-bond acceptors (Lipinski definition) is 4. The second-order valence-corrected chi connectivity index (χ2v) is 8.46. The molecule has 1 heterocycles. The molecule has 1 aliphatic rings. The number of phenolic OH excluding ortho intramolecular Hbond substituents is 1. The smallest absolute Gasteiger partial charge is 0.223 e. The van der Waals surface area contributed by atoms with E-state index in [-0.39, 0.29) is 34.1 Å². The monoisotopic (exact) mass is 460 g/mol. The summed E-state index contributed by atoms with van der Waals surface area (Å²) in [5.41, 5.74) is 1.31. The molecule has 0 aliphatic carbocycles. The summed E-state index contributed by atoms with van der Waals surface area (Å²) < 4.78 is 0. The van der Waals surface area contributed by atoms with Crippen LogP contribution in [0, 0.1) is 0 Å². The van der Waals surface area contributed by atoms with Crippen LogP contribution >= 0.6 is 47.4 Å². The lowest BCUT2D eigenvalue weighted by molar-refractivity contribution is -0.132. The zero-order valence-corrected chi connectivity index (χ0v) is 18.5. The van der Waals surface area contributed by atoms with E-state index < -0.39 is 0 Å². The van der Waals surface area contributed by atoms with Gasteiger partial charge in [-0.15, -0.1) is 24.2 Å². The molecule has 2 aromatic rings. The van der Waals surface area contributed by atoms with Gasteiger partial charge in [0.25, 0.3) is 0 Å². The summed E-state index contributed by atoms with van der Waals surface area (Å²) >= 11 is 13.4. The van der Waals surface area contributed by atoms with Crippen molar-refractivity contribution in [1.82, 2.24) is 9.80 Å². The van der Waals surface area contributed by atoms with Gasteiger partial charge in [-0.2, -0.15) is 0 Å². The molecule has 1 aliphatic heterocycles. The van der Waals surface area contributed by atoms with Crippen LogP contribution in [0.5, 0.6) is 5.75 Å². The number of aromatic hydroxyl groups is 1. The minimum Gasteiger partial charge on any atom is -0.505 e. The van der Waals surface area contributed by atoms with Gasteiger partial charge in [-0.3, -0.25) is 9.69 Å². The van der Waals surface area contributed by atoms with Crippen molar-refractivity contribution in [1.29, 1.82) is 0 Å². The summed E-state index contributed by atoms with van der Waals surface area (Å²) in [6.07, 6.45) is 0.472. The summed E-state index contributed by atoms with van der Waals surface area (Å²) in [6.45, 7) is 4.27. The van der Waals surface area contributed by atoms with Gasteiger partial charge in [0, 0.05) is 49.8 Å². The summed E-state index contributed by atoms with van der Waals surface area (Å²) in [5.74, 6) is 0.727. The van der Waals surface area contributed by atoms with Crippen LogP contribution in [0.15, 0.2) is 47.4 Å². The van der Waals surface area contributed by atoms with Crippen LogP contribution in [0.1, 0.15) is 12.0 Å². The van der Waals surface area contributed by atoms with Gasteiger partial charge in [-0.1, -0.05) is 53.5 Å². The maximum absolute atomic E-state index is 12.4. The molecule has 152 valence electrons. The number of piperazine rings is 1. The van der Waals surface area contributed by atoms with Crippen molar-refractivity contribution >= 4 is 53.3 Å². The van der Waals surface area contributed by atoms with Gasteiger partial charge < -0.3 is 10.0 Å². The van der Waals surface area contributed by atoms with Crippen LogP contribution in [-0.4, -0.2) is 52.7 Å². The van der Waals surface area contributed by atoms with Crippen molar-refractivity contribution in [2.45, 2.75) is 17.9 Å². The second-order valence-electron chi connectivity index (χ2n) is 6.48. The highest BCUT2D eigenvalue weighted by atomic mass is 35.5. The van der Waals surface area contributed by atoms with Crippen LogP contribution in [0.4, 0.5) is 0 Å². The first-order chi connectivity index (χ1) is 13.0. The normalized spacial score (nSPS) is 14.6. The lowest BCUT2D eigenvalue weighted by Gasteiger charge is -2.34. The van der Waals surface area contributed by atoms with E-state index >= 15 is 0 Å². The molecule has 0 unspecified atom stereocenters. The molecule has 0 aromatic heterocycles. The minimum absolute atomic E-state index is 0. The van der Waals surface area contributed by atoms with Crippen molar-refractivity contribution in [3.8, 4) is 5.75 Å². The Bertz CT molecular complexity index is 761. The molecule has 4 nitrogen and oxygen atoms in total. The minimum atomic E-state index is -0.105. The van der Waals surface area contributed by atoms with Gasteiger partial charge >= 0.3 is 0 Å².